The van der Waals surface area contributed by atoms with Crippen LogP contribution >= 0.6 is 0 Å². The Morgan fingerprint density at radius 3 is 2.50 bits per heavy atom. The van der Waals surface area contributed by atoms with Gasteiger partial charge in [-0.05, 0) is 6.92 Å². The summed E-state index contributed by atoms with van der Waals surface area (Å²) in [5.41, 5.74) is 10.5. The van der Waals surface area contributed by atoms with Gasteiger partial charge < -0.3 is 20.9 Å². The lowest BCUT2D eigenvalue weighted by Crippen LogP contribution is -2.22. The fraction of sp³-hybridized carbons (Fsp3) is 1.00. The third-order valence-electron chi connectivity index (χ3n) is 0.871. The Hall–Kier alpha value is -0.160. The monoisotopic (exact) mass is 148 g/mol. The third-order valence-corrected chi connectivity index (χ3v) is 0.871. The van der Waals surface area contributed by atoms with Crippen molar-refractivity contribution in [1.29, 1.82) is 0 Å². The summed E-state index contributed by atoms with van der Waals surface area (Å²) in [6.07, 6.45) is -0.207. The highest BCUT2D eigenvalue weighted by atomic mass is 16.5. The summed E-state index contributed by atoms with van der Waals surface area (Å²) in [5, 5.41) is 0. The number of nitrogens with two attached hydrogens (primary N) is 2. The molecule has 0 rings (SSSR count). The van der Waals surface area contributed by atoms with E-state index < -0.39 is 0 Å². The first kappa shape index (κ1) is 9.84. The van der Waals surface area contributed by atoms with Crippen molar-refractivity contribution >= 4 is 0 Å². The minimum atomic E-state index is -0.207. The van der Waals surface area contributed by atoms with E-state index in [2.05, 4.69) is 0 Å². The van der Waals surface area contributed by atoms with Crippen molar-refractivity contribution in [2.24, 2.45) is 11.5 Å². The lowest BCUT2D eigenvalue weighted by atomic mass is 10.6. The first-order valence-electron chi connectivity index (χ1n) is 3.42. The van der Waals surface area contributed by atoms with Crippen LogP contribution in [0.2, 0.25) is 0 Å². The van der Waals surface area contributed by atoms with E-state index in [9.17, 15) is 0 Å². The van der Waals surface area contributed by atoms with E-state index in [1.807, 2.05) is 0 Å². The van der Waals surface area contributed by atoms with Gasteiger partial charge in [0.2, 0.25) is 0 Å². The Labute approximate surface area is 61.5 Å². The Bertz CT molecular complexity index is 68.8. The topological polar surface area (TPSA) is 70.5 Å². The average molecular weight is 148 g/mol. The summed E-state index contributed by atoms with van der Waals surface area (Å²) in [7, 11) is 0. The first-order valence-corrected chi connectivity index (χ1v) is 3.42. The Kier molecular flexibility index (Phi) is 6.84. The highest BCUT2D eigenvalue weighted by molar-refractivity contribution is 4.35. The van der Waals surface area contributed by atoms with Crippen molar-refractivity contribution in [1.82, 2.24) is 0 Å². The zero-order valence-corrected chi connectivity index (χ0v) is 6.38. The van der Waals surface area contributed by atoms with E-state index in [1.54, 1.807) is 6.92 Å². The lowest BCUT2D eigenvalue weighted by molar-refractivity contribution is 0.0169. The van der Waals surface area contributed by atoms with Gasteiger partial charge in [0, 0.05) is 6.54 Å². The molecular weight excluding hydrogens is 132 g/mol. The van der Waals surface area contributed by atoms with Gasteiger partial charge in [-0.15, -0.1) is 0 Å². The van der Waals surface area contributed by atoms with E-state index >= 15 is 0 Å². The number of ether oxygens (including phenoxy) is 2. The average Bonchev–Trinajstić information content (AvgIpc) is 1.87. The summed E-state index contributed by atoms with van der Waals surface area (Å²) < 4.78 is 10.0. The van der Waals surface area contributed by atoms with Crippen LogP contribution in [0.5, 0.6) is 0 Å². The van der Waals surface area contributed by atoms with Gasteiger partial charge in [-0.3, -0.25) is 0 Å². The van der Waals surface area contributed by atoms with Crippen LogP contribution < -0.4 is 11.5 Å². The van der Waals surface area contributed by atoms with E-state index in [1.165, 1.54) is 0 Å². The largest absolute Gasteiger partial charge is 0.378 e. The SMILES string of the molecule is CC(N)OCCOCCN. The molecule has 1 atom stereocenters. The second kappa shape index (κ2) is 6.95. The number of hydrogen-bond donors (Lipinski definition) is 2. The van der Waals surface area contributed by atoms with Crippen LogP contribution in [-0.4, -0.2) is 32.6 Å². The zero-order valence-electron chi connectivity index (χ0n) is 6.38. The van der Waals surface area contributed by atoms with Gasteiger partial charge in [-0.1, -0.05) is 0 Å². The molecule has 10 heavy (non-hydrogen) atoms. The lowest BCUT2D eigenvalue weighted by Gasteiger charge is -2.06. The molecule has 0 heterocycles. The van der Waals surface area contributed by atoms with E-state index in [-0.39, 0.29) is 6.23 Å². The summed E-state index contributed by atoms with van der Waals surface area (Å²) in [5.74, 6) is 0. The minimum absolute atomic E-state index is 0.207. The molecule has 0 amide bonds. The van der Waals surface area contributed by atoms with Crippen molar-refractivity contribution in [3.63, 3.8) is 0 Å². The molecule has 0 aliphatic rings. The highest BCUT2D eigenvalue weighted by Crippen LogP contribution is 1.80. The Balaban J connectivity index is 2.77. The predicted molar refractivity (Wildman–Crippen MR) is 39.5 cm³/mol. The maximum Gasteiger partial charge on any atom is 0.102 e. The summed E-state index contributed by atoms with van der Waals surface area (Å²) in [4.78, 5) is 0. The smallest absolute Gasteiger partial charge is 0.102 e. The standard InChI is InChI=1S/C6H16N2O2/c1-6(8)10-5-4-9-3-2-7/h6H,2-5,7-8H2,1H3. The van der Waals surface area contributed by atoms with Crippen LogP contribution in [0, 0.1) is 0 Å². The Morgan fingerprint density at radius 1 is 1.30 bits per heavy atom. The molecule has 4 N–H and O–H groups in total. The molecule has 4 nitrogen and oxygen atoms in total. The molecule has 0 aliphatic heterocycles. The maximum atomic E-state index is 5.30. The van der Waals surface area contributed by atoms with E-state index in [0.29, 0.717) is 26.4 Å². The van der Waals surface area contributed by atoms with Gasteiger partial charge in [-0.25, -0.2) is 0 Å². The van der Waals surface area contributed by atoms with Gasteiger partial charge in [0.05, 0.1) is 19.8 Å². The summed E-state index contributed by atoms with van der Waals surface area (Å²) in [6.45, 7) is 4.03. The number of rotatable bonds is 6. The number of hydrogen-bond acceptors (Lipinski definition) is 4. The van der Waals surface area contributed by atoms with E-state index in [0.717, 1.165) is 0 Å². The van der Waals surface area contributed by atoms with Gasteiger partial charge in [-0.2, -0.15) is 0 Å². The van der Waals surface area contributed by atoms with Crippen LogP contribution in [0.4, 0.5) is 0 Å². The van der Waals surface area contributed by atoms with Crippen LogP contribution in [0.25, 0.3) is 0 Å². The molecule has 62 valence electrons. The van der Waals surface area contributed by atoms with Crippen molar-refractivity contribution in [3.8, 4) is 0 Å². The van der Waals surface area contributed by atoms with Crippen molar-refractivity contribution in [3.05, 3.63) is 0 Å². The quantitative estimate of drug-likeness (QED) is 0.385. The van der Waals surface area contributed by atoms with Crippen LogP contribution in [-0.2, 0) is 9.47 Å². The second-order valence-corrected chi connectivity index (χ2v) is 1.98. The maximum absolute atomic E-state index is 5.30. The predicted octanol–water partition coefficient (Wildman–Crippen LogP) is -0.717. The van der Waals surface area contributed by atoms with Crippen LogP contribution in [0.15, 0.2) is 0 Å². The summed E-state index contributed by atoms with van der Waals surface area (Å²) >= 11 is 0. The molecular formula is C6H16N2O2. The Morgan fingerprint density at radius 2 is 2.00 bits per heavy atom. The molecule has 0 saturated carbocycles. The van der Waals surface area contributed by atoms with Gasteiger partial charge >= 0.3 is 0 Å². The fourth-order valence-electron chi connectivity index (χ4n) is 0.478. The highest BCUT2D eigenvalue weighted by Gasteiger charge is 1.91. The minimum Gasteiger partial charge on any atom is -0.378 e. The molecule has 0 aromatic carbocycles. The molecule has 0 radical (unpaired) electrons. The molecule has 0 saturated heterocycles. The molecule has 0 aliphatic carbocycles. The zero-order chi connectivity index (χ0) is 7.82. The van der Waals surface area contributed by atoms with Crippen molar-refractivity contribution in [2.45, 2.75) is 13.2 Å². The molecule has 0 bridgehead atoms. The molecule has 0 aromatic rings. The van der Waals surface area contributed by atoms with Gasteiger partial charge in [0.15, 0.2) is 0 Å². The molecule has 0 aromatic heterocycles. The fourth-order valence-corrected chi connectivity index (χ4v) is 0.478. The van der Waals surface area contributed by atoms with Crippen LogP contribution in [0.1, 0.15) is 6.92 Å². The molecule has 0 fully saturated rings. The van der Waals surface area contributed by atoms with Gasteiger partial charge in [0.1, 0.15) is 6.23 Å². The second-order valence-electron chi connectivity index (χ2n) is 1.98. The normalized spacial score (nSPS) is 13.5. The summed E-state index contributed by atoms with van der Waals surface area (Å²) in [6, 6.07) is 0. The van der Waals surface area contributed by atoms with E-state index in [4.69, 9.17) is 20.9 Å². The van der Waals surface area contributed by atoms with Crippen molar-refractivity contribution in [2.75, 3.05) is 26.4 Å². The first-order chi connectivity index (χ1) is 4.77. The third kappa shape index (κ3) is 7.84. The van der Waals surface area contributed by atoms with Gasteiger partial charge in [0.25, 0.3) is 0 Å². The molecule has 1 unspecified atom stereocenters. The van der Waals surface area contributed by atoms with Crippen molar-refractivity contribution < 1.29 is 9.47 Å². The molecule has 4 heteroatoms. The molecule has 0 spiro atoms. The van der Waals surface area contributed by atoms with Crippen LogP contribution in [0.3, 0.4) is 0 Å².